The van der Waals surface area contributed by atoms with Gasteiger partial charge in [-0.1, -0.05) is 6.07 Å². The van der Waals surface area contributed by atoms with Gasteiger partial charge in [-0.05, 0) is 48.6 Å². The Morgan fingerprint density at radius 2 is 1.96 bits per heavy atom. The largest absolute Gasteiger partial charge is 0.486 e. The highest BCUT2D eigenvalue weighted by Gasteiger charge is 2.25. The molecular formula is C20H21N3O5. The Morgan fingerprint density at radius 3 is 2.75 bits per heavy atom. The summed E-state index contributed by atoms with van der Waals surface area (Å²) in [7, 11) is 0. The number of aromatic nitrogens is 1. The van der Waals surface area contributed by atoms with Gasteiger partial charge in [0.15, 0.2) is 11.5 Å². The third kappa shape index (κ3) is 3.58. The van der Waals surface area contributed by atoms with Gasteiger partial charge in [0.05, 0.1) is 12.5 Å². The molecule has 146 valence electrons. The Labute approximate surface area is 161 Å². The SMILES string of the molecule is NC(=O)c1cc2c([nH]c1=O)CCCC2NC(=O)Cc1ccc2c(c1)OCCO2. The smallest absolute Gasteiger partial charge is 0.261 e. The van der Waals surface area contributed by atoms with Crippen LogP contribution in [0.3, 0.4) is 0 Å². The molecule has 0 saturated carbocycles. The van der Waals surface area contributed by atoms with Crippen LogP contribution < -0.4 is 26.1 Å². The minimum absolute atomic E-state index is 0.0910. The number of fused-ring (bicyclic) bond motifs is 2. The average molecular weight is 383 g/mol. The predicted octanol–water partition coefficient (Wildman–Crippen LogP) is 0.981. The summed E-state index contributed by atoms with van der Waals surface area (Å²) in [5.41, 5.74) is 7.01. The van der Waals surface area contributed by atoms with E-state index < -0.39 is 11.5 Å². The van der Waals surface area contributed by atoms with Crippen molar-refractivity contribution in [1.29, 1.82) is 0 Å². The first-order valence-corrected chi connectivity index (χ1v) is 9.25. The van der Waals surface area contributed by atoms with Crippen molar-refractivity contribution in [2.45, 2.75) is 31.7 Å². The first-order valence-electron chi connectivity index (χ1n) is 9.25. The lowest BCUT2D eigenvalue weighted by Gasteiger charge is -2.26. The van der Waals surface area contributed by atoms with Crippen LogP contribution in [0.1, 0.15) is 46.1 Å². The number of amides is 2. The molecule has 0 fully saturated rings. The number of hydrogen-bond acceptors (Lipinski definition) is 5. The van der Waals surface area contributed by atoms with E-state index in [1.807, 2.05) is 12.1 Å². The van der Waals surface area contributed by atoms with Crippen molar-refractivity contribution in [3.05, 3.63) is 57.0 Å². The number of aryl methyl sites for hydroxylation is 1. The molecule has 4 rings (SSSR count). The summed E-state index contributed by atoms with van der Waals surface area (Å²) in [6.07, 6.45) is 2.44. The number of nitrogens with two attached hydrogens (primary N) is 1. The molecule has 1 aliphatic heterocycles. The molecule has 2 aliphatic rings. The molecular weight excluding hydrogens is 362 g/mol. The first kappa shape index (κ1) is 18.1. The average Bonchev–Trinajstić information content (AvgIpc) is 2.67. The number of aromatic amines is 1. The summed E-state index contributed by atoms with van der Waals surface area (Å²) in [4.78, 5) is 38.8. The summed E-state index contributed by atoms with van der Waals surface area (Å²) >= 11 is 0. The molecule has 1 aliphatic carbocycles. The number of carbonyl (C=O) groups excluding carboxylic acids is 2. The predicted molar refractivity (Wildman–Crippen MR) is 101 cm³/mol. The van der Waals surface area contributed by atoms with Crippen molar-refractivity contribution in [2.75, 3.05) is 13.2 Å². The molecule has 4 N–H and O–H groups in total. The van der Waals surface area contributed by atoms with E-state index in [0.717, 1.165) is 29.7 Å². The fourth-order valence-electron chi connectivity index (χ4n) is 3.70. The summed E-state index contributed by atoms with van der Waals surface area (Å²) in [6, 6.07) is 6.68. The summed E-state index contributed by atoms with van der Waals surface area (Å²) in [6.45, 7) is 1.01. The normalized spacial score (nSPS) is 17.5. The van der Waals surface area contributed by atoms with Crippen LogP contribution in [0.15, 0.2) is 29.1 Å². The lowest BCUT2D eigenvalue weighted by Crippen LogP contribution is -2.34. The fourth-order valence-corrected chi connectivity index (χ4v) is 3.70. The Kier molecular flexibility index (Phi) is 4.77. The first-order chi connectivity index (χ1) is 13.5. The van der Waals surface area contributed by atoms with Crippen molar-refractivity contribution >= 4 is 11.8 Å². The number of hydrogen-bond donors (Lipinski definition) is 3. The van der Waals surface area contributed by atoms with E-state index in [9.17, 15) is 14.4 Å². The van der Waals surface area contributed by atoms with Crippen molar-refractivity contribution in [1.82, 2.24) is 10.3 Å². The summed E-state index contributed by atoms with van der Waals surface area (Å²) in [5, 5.41) is 3.00. The molecule has 2 heterocycles. The van der Waals surface area contributed by atoms with Gasteiger partial charge in [-0.3, -0.25) is 14.4 Å². The highest BCUT2D eigenvalue weighted by molar-refractivity contribution is 5.92. The van der Waals surface area contributed by atoms with E-state index in [0.29, 0.717) is 31.1 Å². The minimum Gasteiger partial charge on any atom is -0.486 e. The van der Waals surface area contributed by atoms with Crippen LogP contribution in [0.4, 0.5) is 0 Å². The molecule has 0 bridgehead atoms. The quantitative estimate of drug-likeness (QED) is 0.726. The molecule has 0 saturated heterocycles. The van der Waals surface area contributed by atoms with Crippen LogP contribution in [-0.4, -0.2) is 30.0 Å². The van der Waals surface area contributed by atoms with Crippen LogP contribution in [-0.2, 0) is 17.6 Å². The van der Waals surface area contributed by atoms with Crippen LogP contribution >= 0.6 is 0 Å². The lowest BCUT2D eigenvalue weighted by molar-refractivity contribution is -0.121. The molecule has 1 unspecified atom stereocenters. The van der Waals surface area contributed by atoms with Crippen molar-refractivity contribution < 1.29 is 19.1 Å². The van der Waals surface area contributed by atoms with Gasteiger partial charge in [-0.25, -0.2) is 0 Å². The Balaban J connectivity index is 1.51. The zero-order chi connectivity index (χ0) is 19.7. The standard InChI is InChI=1S/C20H21N3O5/c21-19(25)13-10-12-14(2-1-3-15(12)23-20(13)26)22-18(24)9-11-4-5-16-17(8-11)28-7-6-27-16/h4-5,8,10,14H,1-3,6-7,9H2,(H2,21,25)(H,22,24)(H,23,26). The molecule has 8 nitrogen and oxygen atoms in total. The van der Waals surface area contributed by atoms with Gasteiger partial charge in [-0.15, -0.1) is 0 Å². The molecule has 2 amide bonds. The topological polar surface area (TPSA) is 124 Å². The number of pyridine rings is 1. The van der Waals surface area contributed by atoms with E-state index in [1.165, 1.54) is 6.07 Å². The number of carbonyl (C=O) groups is 2. The number of ether oxygens (including phenoxy) is 2. The Morgan fingerprint density at radius 1 is 1.18 bits per heavy atom. The van der Waals surface area contributed by atoms with Gasteiger partial charge in [0, 0.05) is 5.69 Å². The Hall–Kier alpha value is -3.29. The van der Waals surface area contributed by atoms with Crippen molar-refractivity contribution in [3.63, 3.8) is 0 Å². The van der Waals surface area contributed by atoms with Crippen LogP contribution in [0.5, 0.6) is 11.5 Å². The number of nitrogens with one attached hydrogen (secondary N) is 2. The number of benzene rings is 1. The van der Waals surface area contributed by atoms with Gasteiger partial charge >= 0.3 is 0 Å². The number of primary amides is 1. The highest BCUT2D eigenvalue weighted by atomic mass is 16.6. The maximum atomic E-state index is 12.6. The monoisotopic (exact) mass is 383 g/mol. The molecule has 0 spiro atoms. The Bertz CT molecular complexity index is 998. The molecule has 28 heavy (non-hydrogen) atoms. The van der Waals surface area contributed by atoms with E-state index in [-0.39, 0.29) is 23.9 Å². The summed E-state index contributed by atoms with van der Waals surface area (Å²) in [5.74, 6) is 0.389. The van der Waals surface area contributed by atoms with E-state index in [4.69, 9.17) is 15.2 Å². The van der Waals surface area contributed by atoms with Gasteiger partial charge < -0.3 is 25.5 Å². The third-order valence-corrected chi connectivity index (χ3v) is 5.02. The third-order valence-electron chi connectivity index (χ3n) is 5.02. The second kappa shape index (κ2) is 7.38. The number of rotatable bonds is 4. The van der Waals surface area contributed by atoms with E-state index in [2.05, 4.69) is 10.3 Å². The second-order valence-electron chi connectivity index (χ2n) is 6.98. The molecule has 0 radical (unpaired) electrons. The lowest BCUT2D eigenvalue weighted by atomic mass is 9.90. The van der Waals surface area contributed by atoms with Crippen LogP contribution in [0, 0.1) is 0 Å². The molecule has 1 aromatic carbocycles. The van der Waals surface area contributed by atoms with Gasteiger partial charge in [0.1, 0.15) is 18.8 Å². The second-order valence-corrected chi connectivity index (χ2v) is 6.98. The molecule has 1 atom stereocenters. The minimum atomic E-state index is -0.782. The van der Waals surface area contributed by atoms with Gasteiger partial charge in [-0.2, -0.15) is 0 Å². The van der Waals surface area contributed by atoms with Crippen molar-refractivity contribution in [3.8, 4) is 11.5 Å². The van der Waals surface area contributed by atoms with Gasteiger partial charge in [0.2, 0.25) is 5.91 Å². The highest BCUT2D eigenvalue weighted by Crippen LogP contribution is 2.31. The van der Waals surface area contributed by atoms with Gasteiger partial charge in [0.25, 0.3) is 11.5 Å². The molecule has 8 heteroatoms. The van der Waals surface area contributed by atoms with Crippen molar-refractivity contribution in [2.24, 2.45) is 5.73 Å². The van der Waals surface area contributed by atoms with E-state index >= 15 is 0 Å². The molecule has 1 aromatic heterocycles. The fraction of sp³-hybridized carbons (Fsp3) is 0.350. The zero-order valence-electron chi connectivity index (χ0n) is 15.2. The van der Waals surface area contributed by atoms with Crippen LogP contribution in [0.2, 0.25) is 0 Å². The summed E-state index contributed by atoms with van der Waals surface area (Å²) < 4.78 is 11.0. The molecule has 2 aromatic rings. The number of H-pyrrole nitrogens is 1. The maximum absolute atomic E-state index is 12.6. The zero-order valence-corrected chi connectivity index (χ0v) is 15.2. The maximum Gasteiger partial charge on any atom is 0.261 e. The van der Waals surface area contributed by atoms with Crippen LogP contribution in [0.25, 0.3) is 0 Å². The van der Waals surface area contributed by atoms with E-state index in [1.54, 1.807) is 6.07 Å².